The lowest BCUT2D eigenvalue weighted by Gasteiger charge is -2.38. The summed E-state index contributed by atoms with van der Waals surface area (Å²) in [6, 6.07) is 2.93. The van der Waals surface area contributed by atoms with Crippen LogP contribution in [0, 0.1) is 0 Å². The minimum absolute atomic E-state index is 0.131. The van der Waals surface area contributed by atoms with E-state index in [1.165, 1.54) is 12.8 Å². The minimum atomic E-state index is -0.131. The fourth-order valence-corrected chi connectivity index (χ4v) is 3.36. The molecule has 2 aliphatic rings. The Morgan fingerprint density at radius 3 is 2.74 bits per heavy atom. The van der Waals surface area contributed by atoms with Crippen molar-refractivity contribution >= 4 is 11.6 Å². The quantitative estimate of drug-likeness (QED) is 0.866. The first-order valence-corrected chi connectivity index (χ1v) is 7.30. The summed E-state index contributed by atoms with van der Waals surface area (Å²) >= 11 is 0. The highest BCUT2D eigenvalue weighted by atomic mass is 16.3. The minimum Gasteiger partial charge on any atom is -0.393 e. The fraction of sp³-hybridized carbons (Fsp3) is 0.714. The number of aromatic nitrogens is 2. The Morgan fingerprint density at radius 1 is 1.32 bits per heavy atom. The van der Waals surface area contributed by atoms with Crippen molar-refractivity contribution in [2.45, 2.75) is 57.2 Å². The summed E-state index contributed by atoms with van der Waals surface area (Å²) < 4.78 is 0. The average Bonchev–Trinajstić information content (AvgIpc) is 2.69. The number of rotatable bonds is 4. The molecule has 0 saturated carbocycles. The molecule has 2 saturated heterocycles. The average molecular weight is 262 g/mol. The maximum absolute atomic E-state index is 9.85. The third-order valence-electron chi connectivity index (χ3n) is 4.18. The number of nitrogens with one attached hydrogen (secondary N) is 1. The number of anilines is 2. The molecule has 2 N–H and O–H groups in total. The van der Waals surface area contributed by atoms with E-state index in [1.807, 2.05) is 6.07 Å². The fourth-order valence-electron chi connectivity index (χ4n) is 3.36. The summed E-state index contributed by atoms with van der Waals surface area (Å²) in [5.41, 5.74) is 0. The molecule has 0 amide bonds. The van der Waals surface area contributed by atoms with Gasteiger partial charge >= 0.3 is 0 Å². The van der Waals surface area contributed by atoms with E-state index in [1.54, 1.807) is 6.33 Å². The van der Waals surface area contributed by atoms with Crippen molar-refractivity contribution in [3.63, 3.8) is 0 Å². The van der Waals surface area contributed by atoms with Crippen molar-refractivity contribution in [1.82, 2.24) is 9.97 Å². The number of hydrogen-bond donors (Lipinski definition) is 2. The molecule has 2 fully saturated rings. The van der Waals surface area contributed by atoms with E-state index >= 15 is 0 Å². The summed E-state index contributed by atoms with van der Waals surface area (Å²) in [4.78, 5) is 11.1. The van der Waals surface area contributed by atoms with Gasteiger partial charge in [-0.25, -0.2) is 9.97 Å². The molecule has 3 heterocycles. The first kappa shape index (κ1) is 12.7. The molecule has 1 aromatic heterocycles. The second-order valence-electron chi connectivity index (χ2n) is 5.61. The van der Waals surface area contributed by atoms with Gasteiger partial charge in [0.25, 0.3) is 0 Å². The Balaban J connectivity index is 1.79. The zero-order valence-corrected chi connectivity index (χ0v) is 11.4. The zero-order chi connectivity index (χ0) is 13.2. The third-order valence-corrected chi connectivity index (χ3v) is 4.18. The van der Waals surface area contributed by atoms with Gasteiger partial charge in [0.1, 0.15) is 18.0 Å². The lowest BCUT2D eigenvalue weighted by Crippen LogP contribution is -2.45. The molecule has 5 heteroatoms. The van der Waals surface area contributed by atoms with Crippen LogP contribution in [0.2, 0.25) is 0 Å². The highest BCUT2D eigenvalue weighted by Gasteiger charge is 2.40. The van der Waals surface area contributed by atoms with Gasteiger partial charge in [0.2, 0.25) is 0 Å². The highest BCUT2D eigenvalue weighted by molar-refractivity contribution is 5.51. The van der Waals surface area contributed by atoms with Crippen molar-refractivity contribution in [1.29, 1.82) is 0 Å². The first-order chi connectivity index (χ1) is 9.28. The molecule has 0 aliphatic carbocycles. The van der Waals surface area contributed by atoms with Crippen molar-refractivity contribution < 1.29 is 5.11 Å². The molecule has 2 bridgehead atoms. The van der Waals surface area contributed by atoms with Gasteiger partial charge in [-0.1, -0.05) is 6.92 Å². The maximum Gasteiger partial charge on any atom is 0.134 e. The Kier molecular flexibility index (Phi) is 3.55. The molecule has 5 nitrogen and oxygen atoms in total. The van der Waals surface area contributed by atoms with Crippen molar-refractivity contribution in [3.8, 4) is 0 Å². The molecule has 104 valence electrons. The van der Waals surface area contributed by atoms with Crippen molar-refractivity contribution in [3.05, 3.63) is 12.4 Å². The lowest BCUT2D eigenvalue weighted by molar-refractivity contribution is 0.126. The van der Waals surface area contributed by atoms with Crippen LogP contribution in [0.15, 0.2) is 12.4 Å². The van der Waals surface area contributed by atoms with Gasteiger partial charge in [0, 0.05) is 24.7 Å². The van der Waals surface area contributed by atoms with Crippen LogP contribution in [0.1, 0.15) is 39.0 Å². The normalized spacial score (nSPS) is 29.6. The summed E-state index contributed by atoms with van der Waals surface area (Å²) in [5, 5.41) is 13.2. The Labute approximate surface area is 114 Å². The van der Waals surface area contributed by atoms with Crippen LogP contribution >= 0.6 is 0 Å². The summed E-state index contributed by atoms with van der Waals surface area (Å²) in [6.45, 7) is 3.07. The van der Waals surface area contributed by atoms with Crippen LogP contribution in [-0.2, 0) is 0 Å². The van der Waals surface area contributed by atoms with E-state index in [9.17, 15) is 5.11 Å². The molecular weight excluding hydrogens is 240 g/mol. The molecule has 2 unspecified atom stereocenters. The van der Waals surface area contributed by atoms with Gasteiger partial charge < -0.3 is 15.3 Å². The molecular formula is C14H22N4O. The highest BCUT2D eigenvalue weighted by Crippen LogP contribution is 2.38. The van der Waals surface area contributed by atoms with Crippen LogP contribution in [0.25, 0.3) is 0 Å². The summed E-state index contributed by atoms with van der Waals surface area (Å²) in [7, 11) is 0. The number of fused-ring (bicyclic) bond motifs is 2. The molecule has 2 atom stereocenters. The standard InChI is InChI=1S/C14H22N4O/c1-2-5-15-13-8-14(17-9-16-13)18-10-3-4-11(18)7-12(19)6-10/h8-12,19H,2-7H2,1H3,(H,15,16,17). The van der Waals surface area contributed by atoms with Gasteiger partial charge in [-0.15, -0.1) is 0 Å². The van der Waals surface area contributed by atoms with Gasteiger partial charge in [-0.3, -0.25) is 0 Å². The van der Waals surface area contributed by atoms with Gasteiger partial charge in [0.15, 0.2) is 0 Å². The predicted molar refractivity (Wildman–Crippen MR) is 75.3 cm³/mol. The Bertz CT molecular complexity index is 425. The topological polar surface area (TPSA) is 61.3 Å². The summed E-state index contributed by atoms with van der Waals surface area (Å²) in [6.07, 6.45) is 6.68. The molecule has 1 aromatic rings. The van der Waals surface area contributed by atoms with Gasteiger partial charge in [-0.05, 0) is 32.1 Å². The van der Waals surface area contributed by atoms with E-state index in [-0.39, 0.29) is 6.10 Å². The molecule has 0 radical (unpaired) electrons. The predicted octanol–water partition coefficient (Wildman–Crippen LogP) is 1.79. The maximum atomic E-state index is 9.85. The number of aliphatic hydroxyl groups is 1. The molecule has 19 heavy (non-hydrogen) atoms. The van der Waals surface area contributed by atoms with Crippen LogP contribution < -0.4 is 10.2 Å². The van der Waals surface area contributed by atoms with Gasteiger partial charge in [-0.2, -0.15) is 0 Å². The number of nitrogens with zero attached hydrogens (tertiary/aromatic N) is 3. The molecule has 0 spiro atoms. The largest absolute Gasteiger partial charge is 0.393 e. The van der Waals surface area contributed by atoms with Crippen molar-refractivity contribution in [2.24, 2.45) is 0 Å². The number of piperidine rings is 1. The summed E-state index contributed by atoms with van der Waals surface area (Å²) in [5.74, 6) is 1.91. The first-order valence-electron chi connectivity index (χ1n) is 7.30. The molecule has 2 aliphatic heterocycles. The van der Waals surface area contributed by atoms with Crippen LogP contribution in [0.5, 0.6) is 0 Å². The van der Waals surface area contributed by atoms with E-state index in [4.69, 9.17) is 0 Å². The van der Waals surface area contributed by atoms with E-state index < -0.39 is 0 Å². The molecule has 0 aromatic carbocycles. The van der Waals surface area contributed by atoms with Crippen molar-refractivity contribution in [2.75, 3.05) is 16.8 Å². The van der Waals surface area contributed by atoms with E-state index in [0.717, 1.165) is 37.4 Å². The number of hydrogen-bond acceptors (Lipinski definition) is 5. The van der Waals surface area contributed by atoms with E-state index in [0.29, 0.717) is 12.1 Å². The van der Waals surface area contributed by atoms with E-state index in [2.05, 4.69) is 27.1 Å². The zero-order valence-electron chi connectivity index (χ0n) is 11.4. The monoisotopic (exact) mass is 262 g/mol. The second-order valence-corrected chi connectivity index (χ2v) is 5.61. The second kappa shape index (κ2) is 5.33. The van der Waals surface area contributed by atoms with Gasteiger partial charge in [0.05, 0.1) is 6.10 Å². The Hall–Kier alpha value is -1.36. The van der Waals surface area contributed by atoms with Crippen LogP contribution in [0.4, 0.5) is 11.6 Å². The smallest absolute Gasteiger partial charge is 0.134 e. The van der Waals surface area contributed by atoms with Crippen LogP contribution in [0.3, 0.4) is 0 Å². The van der Waals surface area contributed by atoms with Crippen LogP contribution in [-0.4, -0.2) is 39.8 Å². The lowest BCUT2D eigenvalue weighted by atomic mass is 10.00. The number of aliphatic hydroxyl groups excluding tert-OH is 1. The third kappa shape index (κ3) is 2.52. The Morgan fingerprint density at radius 2 is 2.05 bits per heavy atom. The molecule has 3 rings (SSSR count). The SMILES string of the molecule is CCCNc1cc(N2C3CCC2CC(O)C3)ncn1.